The number of ether oxygens (including phenoxy) is 1. The van der Waals surface area contributed by atoms with Crippen molar-refractivity contribution in [1.29, 1.82) is 0 Å². The smallest absolute Gasteiger partial charge is 0.226 e. The van der Waals surface area contributed by atoms with E-state index in [9.17, 15) is 13.6 Å². The molecule has 260 valence electrons. The Morgan fingerprint density at radius 2 is 1.77 bits per heavy atom. The van der Waals surface area contributed by atoms with Gasteiger partial charge in [0.1, 0.15) is 17.8 Å². The summed E-state index contributed by atoms with van der Waals surface area (Å²) in [5.41, 5.74) is 1.04. The van der Waals surface area contributed by atoms with E-state index >= 15 is 4.39 Å². The van der Waals surface area contributed by atoms with Gasteiger partial charge >= 0.3 is 0 Å². The summed E-state index contributed by atoms with van der Waals surface area (Å²) in [6.45, 7) is 16.8. The Morgan fingerprint density at radius 1 is 1.06 bits per heavy atom. The zero-order valence-corrected chi connectivity index (χ0v) is 29.7. The lowest BCUT2D eigenvalue weighted by atomic mass is 9.77. The van der Waals surface area contributed by atoms with Gasteiger partial charge in [-0.25, -0.2) is 22.8 Å². The molecule has 2 unspecified atom stereocenters. The normalized spacial score (nSPS) is 24.1. The minimum Gasteiger partial charge on any atom is -0.359 e. The number of aromatic nitrogens is 4. The van der Waals surface area contributed by atoms with Crippen LogP contribution < -0.4 is 0 Å². The number of rotatable bonds is 6. The molecule has 6 rings (SSSR count). The highest BCUT2D eigenvalue weighted by molar-refractivity contribution is 6.31. The first-order valence-electron chi connectivity index (χ1n) is 17.1. The molecule has 12 heteroatoms. The van der Waals surface area contributed by atoms with Crippen molar-refractivity contribution in [1.82, 2.24) is 29.5 Å². The highest BCUT2D eigenvalue weighted by Crippen LogP contribution is 2.56. The summed E-state index contributed by atoms with van der Waals surface area (Å²) < 4.78 is 52.7. The second kappa shape index (κ2) is 12.7. The molecule has 2 saturated heterocycles. The standard InChI is InChI=1S/C36H46ClF3N6O2/c1-8-35(7,33-41-20-42-46(33)9-2)31-24-18-26(37)21(3)43-30(24)36(48-31)13-16-44(17-14-36)32(47)23-12-15-45(34(4,5)6)19-25(23)22-10-11-27(38)29(40)28(22)39/h10-11,18,20,23,25,31H,8-9,12-17,19H2,1-7H3/t23?,25-,31?,35-/m0/s1. The van der Waals surface area contributed by atoms with Crippen molar-refractivity contribution >= 4 is 17.5 Å². The molecule has 48 heavy (non-hydrogen) atoms. The topological polar surface area (TPSA) is 76.4 Å². The third-order valence-corrected chi connectivity index (χ3v) is 11.6. The number of benzene rings is 1. The summed E-state index contributed by atoms with van der Waals surface area (Å²) in [4.78, 5) is 28.0. The van der Waals surface area contributed by atoms with E-state index in [0.29, 0.717) is 57.0 Å². The molecule has 4 atom stereocenters. The maximum atomic E-state index is 15.3. The van der Waals surface area contributed by atoms with Crippen LogP contribution in [0.15, 0.2) is 24.5 Å². The Kier molecular flexibility index (Phi) is 9.22. The predicted molar refractivity (Wildman–Crippen MR) is 177 cm³/mol. The molecule has 3 aromatic rings. The van der Waals surface area contributed by atoms with Crippen molar-refractivity contribution in [3.63, 3.8) is 0 Å². The molecular formula is C36H46ClF3N6O2. The molecule has 2 fully saturated rings. The lowest BCUT2D eigenvalue weighted by Crippen LogP contribution is -2.54. The third kappa shape index (κ3) is 5.73. The summed E-state index contributed by atoms with van der Waals surface area (Å²) in [6, 6.07) is 4.22. The Bertz CT molecular complexity index is 1700. The van der Waals surface area contributed by atoms with E-state index in [-0.39, 0.29) is 23.1 Å². The van der Waals surface area contributed by atoms with Crippen LogP contribution in [0.2, 0.25) is 5.02 Å². The van der Waals surface area contributed by atoms with Gasteiger partial charge in [-0.2, -0.15) is 5.10 Å². The summed E-state index contributed by atoms with van der Waals surface area (Å²) >= 11 is 6.67. The molecule has 0 radical (unpaired) electrons. The van der Waals surface area contributed by atoms with Crippen LogP contribution in [0.1, 0.15) is 108 Å². The third-order valence-electron chi connectivity index (χ3n) is 11.2. The van der Waals surface area contributed by atoms with E-state index < -0.39 is 40.3 Å². The van der Waals surface area contributed by atoms with Gasteiger partial charge in [-0.3, -0.25) is 14.7 Å². The fraction of sp³-hybridized carbons (Fsp3) is 0.611. The zero-order valence-electron chi connectivity index (χ0n) is 28.9. The first-order valence-corrected chi connectivity index (χ1v) is 17.4. The Balaban J connectivity index is 1.29. The second-order valence-corrected chi connectivity index (χ2v) is 15.3. The number of hydrogen-bond donors (Lipinski definition) is 0. The number of fused-ring (bicyclic) bond motifs is 2. The molecule has 1 aromatic carbocycles. The number of aryl methyl sites for hydroxylation is 2. The van der Waals surface area contributed by atoms with Crippen molar-refractivity contribution in [3.05, 3.63) is 75.3 Å². The van der Waals surface area contributed by atoms with E-state index in [0.717, 1.165) is 35.3 Å². The number of nitrogens with zero attached hydrogens (tertiary/aromatic N) is 6. The lowest BCUT2D eigenvalue weighted by Gasteiger charge is -2.47. The van der Waals surface area contributed by atoms with Crippen LogP contribution in [0, 0.1) is 30.3 Å². The molecule has 3 aliphatic rings. The largest absolute Gasteiger partial charge is 0.359 e. The quantitative estimate of drug-likeness (QED) is 0.255. The molecule has 2 aromatic heterocycles. The van der Waals surface area contributed by atoms with Crippen molar-refractivity contribution in [2.75, 3.05) is 26.2 Å². The van der Waals surface area contributed by atoms with Crippen LogP contribution >= 0.6 is 11.6 Å². The predicted octanol–water partition coefficient (Wildman–Crippen LogP) is 7.23. The Hall–Kier alpha value is -3.02. The first-order chi connectivity index (χ1) is 22.6. The summed E-state index contributed by atoms with van der Waals surface area (Å²) in [5.74, 6) is -4.43. The van der Waals surface area contributed by atoms with Gasteiger partial charge in [-0.1, -0.05) is 24.6 Å². The van der Waals surface area contributed by atoms with Gasteiger partial charge in [0.25, 0.3) is 0 Å². The Morgan fingerprint density at radius 3 is 2.42 bits per heavy atom. The van der Waals surface area contributed by atoms with Crippen molar-refractivity contribution in [2.45, 2.75) is 109 Å². The highest BCUT2D eigenvalue weighted by Gasteiger charge is 2.55. The highest BCUT2D eigenvalue weighted by atomic mass is 35.5. The van der Waals surface area contributed by atoms with Gasteiger partial charge in [0.2, 0.25) is 5.91 Å². The number of hydrogen-bond acceptors (Lipinski definition) is 6. The van der Waals surface area contributed by atoms with E-state index in [1.165, 1.54) is 6.07 Å². The van der Waals surface area contributed by atoms with Crippen LogP contribution in [0.25, 0.3) is 0 Å². The lowest BCUT2D eigenvalue weighted by molar-refractivity contribution is -0.154. The fourth-order valence-corrected chi connectivity index (χ4v) is 8.21. The number of halogens is 4. The van der Waals surface area contributed by atoms with Gasteiger partial charge in [0, 0.05) is 49.1 Å². The molecule has 0 saturated carbocycles. The van der Waals surface area contributed by atoms with Crippen molar-refractivity contribution < 1.29 is 22.7 Å². The second-order valence-electron chi connectivity index (χ2n) is 14.9. The number of carbonyl (C=O) groups is 1. The van der Waals surface area contributed by atoms with Gasteiger partial charge in [-0.05, 0) is 91.5 Å². The maximum Gasteiger partial charge on any atom is 0.226 e. The van der Waals surface area contributed by atoms with Crippen LogP contribution in [0.5, 0.6) is 0 Å². The first kappa shape index (κ1) is 34.8. The monoisotopic (exact) mass is 686 g/mol. The fourth-order valence-electron chi connectivity index (χ4n) is 8.05. The van der Waals surface area contributed by atoms with Gasteiger partial charge in [-0.15, -0.1) is 0 Å². The Labute approximate surface area is 286 Å². The number of carbonyl (C=O) groups excluding carboxylic acids is 1. The van der Waals surface area contributed by atoms with E-state index in [1.807, 2.05) is 29.5 Å². The summed E-state index contributed by atoms with van der Waals surface area (Å²) in [7, 11) is 0. The molecule has 1 spiro atoms. The van der Waals surface area contributed by atoms with Gasteiger partial charge in [0.05, 0.1) is 27.9 Å². The molecule has 1 amide bonds. The SMILES string of the molecule is CCn1ncnc1[C@@](C)(CC)C1OC2(CCN(C(=O)C3CCN(C(C)(C)C)C[C@H]3c3ccc(F)c(F)c3F)CC2)c2nc(C)c(Cl)cc21. The average Bonchev–Trinajstić information content (AvgIpc) is 3.67. The molecule has 8 nitrogen and oxygen atoms in total. The number of pyridine rings is 1. The zero-order chi connectivity index (χ0) is 34.8. The molecule has 3 aliphatic heterocycles. The van der Waals surface area contributed by atoms with Crippen LogP contribution in [-0.2, 0) is 27.1 Å². The summed E-state index contributed by atoms with van der Waals surface area (Å²) in [6.07, 6.45) is 3.44. The molecule has 0 bridgehead atoms. The summed E-state index contributed by atoms with van der Waals surface area (Å²) in [5, 5.41) is 5.01. The van der Waals surface area contributed by atoms with E-state index in [1.54, 1.807) is 6.33 Å². The number of piperidine rings is 2. The van der Waals surface area contributed by atoms with Gasteiger partial charge < -0.3 is 9.64 Å². The number of amides is 1. The maximum absolute atomic E-state index is 15.3. The minimum atomic E-state index is -1.50. The van der Waals surface area contributed by atoms with Gasteiger partial charge in [0.15, 0.2) is 17.5 Å². The van der Waals surface area contributed by atoms with E-state index in [2.05, 4.69) is 49.6 Å². The molecule has 0 N–H and O–H groups in total. The number of likely N-dealkylation sites (tertiary alicyclic amines) is 2. The average molecular weight is 687 g/mol. The van der Waals surface area contributed by atoms with Crippen molar-refractivity contribution in [2.24, 2.45) is 5.92 Å². The van der Waals surface area contributed by atoms with E-state index in [4.69, 9.17) is 21.3 Å². The molecular weight excluding hydrogens is 641 g/mol. The van der Waals surface area contributed by atoms with Crippen LogP contribution in [0.3, 0.4) is 0 Å². The minimum absolute atomic E-state index is 0.0425. The van der Waals surface area contributed by atoms with Crippen LogP contribution in [0.4, 0.5) is 13.2 Å². The van der Waals surface area contributed by atoms with Crippen molar-refractivity contribution in [3.8, 4) is 0 Å². The van der Waals surface area contributed by atoms with Crippen LogP contribution in [-0.4, -0.2) is 67.2 Å². The molecule has 5 heterocycles. The molecule has 0 aliphatic carbocycles.